The first-order chi connectivity index (χ1) is 4.22. The Kier molecular flexibility index (Phi) is 3.12. The summed E-state index contributed by atoms with van der Waals surface area (Å²) >= 11 is 0. The third-order valence-corrected chi connectivity index (χ3v) is 0.775. The Balaban J connectivity index is 3.81. The summed E-state index contributed by atoms with van der Waals surface area (Å²) in [5, 5.41) is 0. The SMILES string of the molecule is C=CN(CC=O)C(N)=O. The number of nitrogens with zero attached hydrogens (tertiary/aromatic N) is 1. The zero-order valence-electron chi connectivity index (χ0n) is 4.91. The minimum atomic E-state index is -0.669. The van der Waals surface area contributed by atoms with E-state index in [1.807, 2.05) is 0 Å². The standard InChI is InChI=1S/C5H8N2O2/c1-2-7(3-4-8)5(6)9/h2,4H,1,3H2,(H2,6,9). The molecule has 4 heteroatoms. The molecule has 4 nitrogen and oxygen atoms in total. The van der Waals surface area contributed by atoms with E-state index in [4.69, 9.17) is 5.73 Å². The van der Waals surface area contributed by atoms with Crippen molar-refractivity contribution in [3.05, 3.63) is 12.8 Å². The van der Waals surface area contributed by atoms with Crippen molar-refractivity contribution in [1.29, 1.82) is 0 Å². The van der Waals surface area contributed by atoms with Crippen molar-refractivity contribution in [2.45, 2.75) is 0 Å². The summed E-state index contributed by atoms with van der Waals surface area (Å²) in [5.41, 5.74) is 4.79. The van der Waals surface area contributed by atoms with Crippen molar-refractivity contribution in [3.63, 3.8) is 0 Å². The largest absolute Gasteiger partial charge is 0.351 e. The number of nitrogens with two attached hydrogens (primary N) is 1. The maximum Gasteiger partial charge on any atom is 0.319 e. The van der Waals surface area contributed by atoms with E-state index >= 15 is 0 Å². The Morgan fingerprint density at radius 1 is 1.78 bits per heavy atom. The van der Waals surface area contributed by atoms with Gasteiger partial charge in [0, 0.05) is 6.20 Å². The molecule has 9 heavy (non-hydrogen) atoms. The minimum absolute atomic E-state index is 0.0289. The van der Waals surface area contributed by atoms with E-state index < -0.39 is 6.03 Å². The van der Waals surface area contributed by atoms with E-state index in [9.17, 15) is 9.59 Å². The van der Waals surface area contributed by atoms with E-state index in [2.05, 4.69) is 6.58 Å². The third kappa shape index (κ3) is 2.48. The van der Waals surface area contributed by atoms with Crippen LogP contribution in [0, 0.1) is 0 Å². The summed E-state index contributed by atoms with van der Waals surface area (Å²) in [4.78, 5) is 21.0. The number of aldehydes is 1. The van der Waals surface area contributed by atoms with Crippen LogP contribution in [0.15, 0.2) is 12.8 Å². The Hall–Kier alpha value is -1.32. The van der Waals surface area contributed by atoms with Gasteiger partial charge in [-0.05, 0) is 0 Å². The second kappa shape index (κ2) is 3.65. The van der Waals surface area contributed by atoms with Crippen LogP contribution in [0.3, 0.4) is 0 Å². The number of hydrogen-bond acceptors (Lipinski definition) is 2. The fraction of sp³-hybridized carbons (Fsp3) is 0.200. The number of amides is 2. The van der Waals surface area contributed by atoms with Gasteiger partial charge in [0.2, 0.25) is 0 Å². The molecule has 0 aromatic carbocycles. The van der Waals surface area contributed by atoms with Gasteiger partial charge in [0.25, 0.3) is 0 Å². The second-order valence-corrected chi connectivity index (χ2v) is 1.34. The Morgan fingerprint density at radius 3 is 2.44 bits per heavy atom. The molecule has 2 amide bonds. The first-order valence-electron chi connectivity index (χ1n) is 2.34. The summed E-state index contributed by atoms with van der Waals surface area (Å²) in [7, 11) is 0. The van der Waals surface area contributed by atoms with Crippen LogP contribution in [-0.2, 0) is 4.79 Å². The molecule has 0 unspecified atom stereocenters. The van der Waals surface area contributed by atoms with Crippen molar-refractivity contribution in [2.24, 2.45) is 5.73 Å². The molecule has 0 bridgehead atoms. The number of carbonyl (C=O) groups excluding carboxylic acids is 2. The predicted octanol–water partition coefficient (Wildman–Crippen LogP) is -0.290. The zero-order chi connectivity index (χ0) is 7.28. The van der Waals surface area contributed by atoms with Crippen LogP contribution >= 0.6 is 0 Å². The van der Waals surface area contributed by atoms with Crippen LogP contribution in [0.4, 0.5) is 4.79 Å². The van der Waals surface area contributed by atoms with Gasteiger partial charge >= 0.3 is 6.03 Å². The van der Waals surface area contributed by atoms with Crippen LogP contribution in [0.25, 0.3) is 0 Å². The van der Waals surface area contributed by atoms with Gasteiger partial charge in [-0.3, -0.25) is 4.90 Å². The number of urea groups is 1. The zero-order valence-corrected chi connectivity index (χ0v) is 4.91. The molecular weight excluding hydrogens is 120 g/mol. The summed E-state index contributed by atoms with van der Waals surface area (Å²) < 4.78 is 0. The molecule has 0 aromatic rings. The lowest BCUT2D eigenvalue weighted by atomic mass is 10.6. The van der Waals surface area contributed by atoms with Gasteiger partial charge < -0.3 is 10.5 Å². The average molecular weight is 128 g/mol. The summed E-state index contributed by atoms with van der Waals surface area (Å²) in [6.07, 6.45) is 1.78. The molecule has 0 aliphatic heterocycles. The van der Waals surface area contributed by atoms with Gasteiger partial charge in [-0.15, -0.1) is 0 Å². The predicted molar refractivity (Wildman–Crippen MR) is 32.6 cm³/mol. The highest BCUT2D eigenvalue weighted by molar-refractivity contribution is 5.75. The fourth-order valence-corrected chi connectivity index (χ4v) is 0.335. The monoisotopic (exact) mass is 128 g/mol. The van der Waals surface area contributed by atoms with Crippen molar-refractivity contribution < 1.29 is 9.59 Å². The molecule has 0 saturated heterocycles. The molecule has 0 aliphatic rings. The number of primary amides is 1. The van der Waals surface area contributed by atoms with Gasteiger partial charge in [-0.25, -0.2) is 4.79 Å². The molecule has 0 saturated carbocycles. The smallest absolute Gasteiger partial charge is 0.319 e. The molecule has 0 fully saturated rings. The lowest BCUT2D eigenvalue weighted by Crippen LogP contribution is -2.32. The highest BCUT2D eigenvalue weighted by atomic mass is 16.2. The van der Waals surface area contributed by atoms with E-state index in [1.54, 1.807) is 0 Å². The maximum absolute atomic E-state index is 10.2. The van der Waals surface area contributed by atoms with Crippen LogP contribution in [0.1, 0.15) is 0 Å². The van der Waals surface area contributed by atoms with Crippen LogP contribution < -0.4 is 5.73 Å². The first-order valence-corrected chi connectivity index (χ1v) is 2.34. The molecule has 0 radical (unpaired) electrons. The number of hydrogen-bond donors (Lipinski definition) is 1. The van der Waals surface area contributed by atoms with Gasteiger partial charge in [-0.2, -0.15) is 0 Å². The lowest BCUT2D eigenvalue weighted by Gasteiger charge is -2.08. The van der Waals surface area contributed by atoms with E-state index in [0.717, 1.165) is 4.90 Å². The van der Waals surface area contributed by atoms with Crippen molar-refractivity contribution in [1.82, 2.24) is 4.90 Å². The minimum Gasteiger partial charge on any atom is -0.351 e. The highest BCUT2D eigenvalue weighted by Gasteiger charge is 2.01. The Bertz CT molecular complexity index is 133. The molecule has 0 aromatic heterocycles. The van der Waals surface area contributed by atoms with E-state index in [1.165, 1.54) is 6.20 Å². The highest BCUT2D eigenvalue weighted by Crippen LogP contribution is 1.82. The summed E-state index contributed by atoms with van der Waals surface area (Å²) in [5.74, 6) is 0. The summed E-state index contributed by atoms with van der Waals surface area (Å²) in [6, 6.07) is -0.669. The maximum atomic E-state index is 10.2. The topological polar surface area (TPSA) is 63.4 Å². The number of carbonyl (C=O) groups is 2. The van der Waals surface area contributed by atoms with Crippen molar-refractivity contribution in [3.8, 4) is 0 Å². The normalized spacial score (nSPS) is 8.00. The van der Waals surface area contributed by atoms with Gasteiger partial charge in [0.1, 0.15) is 6.29 Å². The van der Waals surface area contributed by atoms with Crippen molar-refractivity contribution in [2.75, 3.05) is 6.54 Å². The molecule has 0 atom stereocenters. The number of rotatable bonds is 3. The van der Waals surface area contributed by atoms with E-state index in [-0.39, 0.29) is 6.54 Å². The Morgan fingerprint density at radius 2 is 2.33 bits per heavy atom. The van der Waals surface area contributed by atoms with Gasteiger partial charge in [0.15, 0.2) is 0 Å². The average Bonchev–Trinajstić information content (AvgIpc) is 1.82. The third-order valence-electron chi connectivity index (χ3n) is 0.775. The van der Waals surface area contributed by atoms with Gasteiger partial charge in [0.05, 0.1) is 6.54 Å². The van der Waals surface area contributed by atoms with Crippen molar-refractivity contribution >= 4 is 12.3 Å². The van der Waals surface area contributed by atoms with Crippen LogP contribution in [0.5, 0.6) is 0 Å². The quantitative estimate of drug-likeness (QED) is 0.531. The van der Waals surface area contributed by atoms with Crippen LogP contribution in [-0.4, -0.2) is 23.8 Å². The van der Waals surface area contributed by atoms with E-state index in [0.29, 0.717) is 6.29 Å². The second-order valence-electron chi connectivity index (χ2n) is 1.34. The summed E-state index contributed by atoms with van der Waals surface area (Å²) in [6.45, 7) is 3.24. The molecule has 50 valence electrons. The van der Waals surface area contributed by atoms with Gasteiger partial charge in [-0.1, -0.05) is 6.58 Å². The van der Waals surface area contributed by atoms with Crippen LogP contribution in [0.2, 0.25) is 0 Å². The Labute approximate surface area is 52.9 Å². The molecular formula is C5H8N2O2. The molecule has 0 heterocycles. The lowest BCUT2D eigenvalue weighted by molar-refractivity contribution is -0.108. The molecule has 0 rings (SSSR count). The molecule has 0 spiro atoms. The first kappa shape index (κ1) is 7.68. The molecule has 0 aliphatic carbocycles. The molecule has 2 N–H and O–H groups in total. The fourth-order valence-electron chi connectivity index (χ4n) is 0.335.